The molecule has 0 bridgehead atoms. The second-order valence-electron chi connectivity index (χ2n) is 3.59. The van der Waals surface area contributed by atoms with Crippen molar-refractivity contribution in [2.24, 2.45) is 0 Å². The Labute approximate surface area is 86.0 Å². The van der Waals surface area contributed by atoms with Gasteiger partial charge in [0.2, 0.25) is 0 Å². The van der Waals surface area contributed by atoms with Crippen LogP contribution in [0.1, 0.15) is 31.9 Å². The van der Waals surface area contributed by atoms with E-state index in [2.05, 4.69) is 31.3 Å². The van der Waals surface area contributed by atoms with Gasteiger partial charge in [0.15, 0.2) is 0 Å². The Hall–Kier alpha value is -0.860. The summed E-state index contributed by atoms with van der Waals surface area (Å²) in [5.74, 6) is 0. The van der Waals surface area contributed by atoms with Gasteiger partial charge in [-0.05, 0) is 18.9 Å². The van der Waals surface area contributed by atoms with Gasteiger partial charge < -0.3 is 10.4 Å². The third-order valence-electron chi connectivity index (χ3n) is 2.50. The fourth-order valence-electron chi connectivity index (χ4n) is 1.49. The summed E-state index contributed by atoms with van der Waals surface area (Å²) in [5.41, 5.74) is 1.26. The molecule has 0 saturated heterocycles. The van der Waals surface area contributed by atoms with E-state index >= 15 is 0 Å². The smallest absolute Gasteiger partial charge is 0.0584 e. The molecule has 0 fully saturated rings. The zero-order valence-corrected chi connectivity index (χ0v) is 8.90. The van der Waals surface area contributed by atoms with Crippen LogP contribution in [0.2, 0.25) is 0 Å². The van der Waals surface area contributed by atoms with Crippen LogP contribution in [0.15, 0.2) is 30.3 Å². The number of aliphatic hydroxyl groups is 1. The molecule has 0 heterocycles. The van der Waals surface area contributed by atoms with Crippen LogP contribution in [0.3, 0.4) is 0 Å². The van der Waals surface area contributed by atoms with E-state index in [1.165, 1.54) is 5.56 Å². The first kappa shape index (κ1) is 11.2. The summed E-state index contributed by atoms with van der Waals surface area (Å²) in [4.78, 5) is 0. The molecule has 0 saturated carbocycles. The molecular weight excluding hydrogens is 174 g/mol. The lowest BCUT2D eigenvalue weighted by atomic mass is 10.1. The summed E-state index contributed by atoms with van der Waals surface area (Å²) < 4.78 is 0. The van der Waals surface area contributed by atoms with E-state index in [0.29, 0.717) is 6.04 Å². The van der Waals surface area contributed by atoms with Crippen molar-refractivity contribution in [2.45, 2.75) is 32.4 Å². The van der Waals surface area contributed by atoms with Crippen molar-refractivity contribution >= 4 is 0 Å². The Balaban J connectivity index is 2.54. The lowest BCUT2D eigenvalue weighted by molar-refractivity contribution is 0.230. The Morgan fingerprint density at radius 1 is 1.29 bits per heavy atom. The highest BCUT2D eigenvalue weighted by Crippen LogP contribution is 2.12. The summed E-state index contributed by atoms with van der Waals surface area (Å²) in [6, 6.07) is 10.8. The molecule has 2 atom stereocenters. The van der Waals surface area contributed by atoms with Crippen molar-refractivity contribution in [3.63, 3.8) is 0 Å². The number of benzene rings is 1. The number of hydrogen-bond donors (Lipinski definition) is 2. The van der Waals surface area contributed by atoms with E-state index in [4.69, 9.17) is 5.11 Å². The predicted octanol–water partition coefficient (Wildman–Crippen LogP) is 2.11. The molecule has 0 spiro atoms. The molecule has 0 radical (unpaired) electrons. The first-order valence-corrected chi connectivity index (χ1v) is 5.19. The van der Waals surface area contributed by atoms with E-state index in [1.807, 2.05) is 18.2 Å². The molecule has 0 aliphatic heterocycles. The maximum absolute atomic E-state index is 9.06. The van der Waals surface area contributed by atoms with Crippen molar-refractivity contribution < 1.29 is 5.11 Å². The summed E-state index contributed by atoms with van der Waals surface area (Å²) >= 11 is 0. The molecular formula is C12H19NO. The lowest BCUT2D eigenvalue weighted by Crippen LogP contribution is -2.33. The average molecular weight is 193 g/mol. The minimum atomic E-state index is 0.199. The third kappa shape index (κ3) is 3.13. The van der Waals surface area contributed by atoms with Crippen molar-refractivity contribution in [1.29, 1.82) is 0 Å². The van der Waals surface area contributed by atoms with Crippen LogP contribution in [-0.4, -0.2) is 17.8 Å². The minimum absolute atomic E-state index is 0.199. The van der Waals surface area contributed by atoms with Crippen LogP contribution < -0.4 is 5.32 Å². The Morgan fingerprint density at radius 2 is 1.93 bits per heavy atom. The fourth-order valence-corrected chi connectivity index (χ4v) is 1.49. The molecule has 0 aliphatic rings. The standard InChI is InChI=1S/C12H19NO/c1-3-12(9-14)13-10(2)11-7-5-4-6-8-11/h4-8,10,12-14H,3,9H2,1-2H3/t10-,12+/m1/s1. The second kappa shape index (κ2) is 5.78. The van der Waals surface area contributed by atoms with Crippen molar-refractivity contribution in [2.75, 3.05) is 6.61 Å². The van der Waals surface area contributed by atoms with E-state index in [1.54, 1.807) is 0 Å². The average Bonchev–Trinajstić information content (AvgIpc) is 2.26. The monoisotopic (exact) mass is 193 g/mol. The SMILES string of the molecule is CC[C@@H](CO)N[C@H](C)c1ccccc1. The van der Waals surface area contributed by atoms with Crippen LogP contribution in [-0.2, 0) is 0 Å². The molecule has 14 heavy (non-hydrogen) atoms. The van der Waals surface area contributed by atoms with E-state index < -0.39 is 0 Å². The normalized spacial score (nSPS) is 15.1. The van der Waals surface area contributed by atoms with Crippen molar-refractivity contribution in [3.8, 4) is 0 Å². The zero-order chi connectivity index (χ0) is 10.4. The van der Waals surface area contributed by atoms with Gasteiger partial charge in [-0.15, -0.1) is 0 Å². The van der Waals surface area contributed by atoms with Gasteiger partial charge in [-0.25, -0.2) is 0 Å². The maximum Gasteiger partial charge on any atom is 0.0584 e. The van der Waals surface area contributed by atoms with Crippen LogP contribution in [0, 0.1) is 0 Å². The van der Waals surface area contributed by atoms with Crippen LogP contribution >= 0.6 is 0 Å². The molecule has 1 rings (SSSR count). The highest BCUT2D eigenvalue weighted by atomic mass is 16.3. The molecule has 1 aromatic carbocycles. The summed E-state index contributed by atoms with van der Waals surface area (Å²) in [5, 5.41) is 12.4. The van der Waals surface area contributed by atoms with Crippen LogP contribution in [0.25, 0.3) is 0 Å². The lowest BCUT2D eigenvalue weighted by Gasteiger charge is -2.20. The number of rotatable bonds is 5. The number of hydrogen-bond acceptors (Lipinski definition) is 2. The van der Waals surface area contributed by atoms with Crippen molar-refractivity contribution in [3.05, 3.63) is 35.9 Å². The topological polar surface area (TPSA) is 32.3 Å². The van der Waals surface area contributed by atoms with Gasteiger partial charge in [0.25, 0.3) is 0 Å². The van der Waals surface area contributed by atoms with Crippen LogP contribution in [0.4, 0.5) is 0 Å². The van der Waals surface area contributed by atoms with E-state index in [9.17, 15) is 0 Å². The largest absolute Gasteiger partial charge is 0.395 e. The van der Waals surface area contributed by atoms with Crippen molar-refractivity contribution in [1.82, 2.24) is 5.32 Å². The molecule has 2 N–H and O–H groups in total. The Bertz CT molecular complexity index is 244. The minimum Gasteiger partial charge on any atom is -0.395 e. The van der Waals surface area contributed by atoms with Gasteiger partial charge in [-0.3, -0.25) is 0 Å². The molecule has 1 aromatic rings. The molecule has 2 nitrogen and oxygen atoms in total. The Kier molecular flexibility index (Phi) is 4.63. The second-order valence-corrected chi connectivity index (χ2v) is 3.59. The summed E-state index contributed by atoms with van der Waals surface area (Å²) in [6.07, 6.45) is 0.952. The highest BCUT2D eigenvalue weighted by molar-refractivity contribution is 5.18. The molecule has 0 amide bonds. The van der Waals surface area contributed by atoms with Gasteiger partial charge in [0.1, 0.15) is 0 Å². The highest BCUT2D eigenvalue weighted by Gasteiger charge is 2.09. The Morgan fingerprint density at radius 3 is 2.43 bits per heavy atom. The van der Waals surface area contributed by atoms with Crippen LogP contribution in [0.5, 0.6) is 0 Å². The quantitative estimate of drug-likeness (QED) is 0.750. The van der Waals surface area contributed by atoms with Gasteiger partial charge in [0, 0.05) is 12.1 Å². The van der Waals surface area contributed by atoms with Gasteiger partial charge in [0.05, 0.1) is 6.61 Å². The predicted molar refractivity (Wildman–Crippen MR) is 59.2 cm³/mol. The van der Waals surface area contributed by atoms with E-state index in [-0.39, 0.29) is 12.6 Å². The zero-order valence-electron chi connectivity index (χ0n) is 8.90. The first-order chi connectivity index (χ1) is 6.77. The van der Waals surface area contributed by atoms with Gasteiger partial charge in [-0.2, -0.15) is 0 Å². The fraction of sp³-hybridized carbons (Fsp3) is 0.500. The maximum atomic E-state index is 9.06. The van der Waals surface area contributed by atoms with Gasteiger partial charge in [-0.1, -0.05) is 37.3 Å². The molecule has 78 valence electrons. The summed E-state index contributed by atoms with van der Waals surface area (Å²) in [6.45, 7) is 4.40. The van der Waals surface area contributed by atoms with Gasteiger partial charge >= 0.3 is 0 Å². The van der Waals surface area contributed by atoms with E-state index in [0.717, 1.165) is 6.42 Å². The molecule has 0 aliphatic carbocycles. The number of aliphatic hydroxyl groups excluding tert-OH is 1. The molecule has 0 aromatic heterocycles. The number of nitrogens with one attached hydrogen (secondary N) is 1. The molecule has 0 unspecified atom stereocenters. The molecule has 2 heteroatoms. The third-order valence-corrected chi connectivity index (χ3v) is 2.50. The first-order valence-electron chi connectivity index (χ1n) is 5.19. The summed E-state index contributed by atoms with van der Waals surface area (Å²) in [7, 11) is 0.